The molecule has 0 spiro atoms. The fourth-order valence-electron chi connectivity index (χ4n) is 3.72. The van der Waals surface area contributed by atoms with Gasteiger partial charge in [0.15, 0.2) is 0 Å². The first-order chi connectivity index (χ1) is 14.5. The molecule has 1 aliphatic heterocycles. The number of thiophene rings is 1. The van der Waals surface area contributed by atoms with Crippen molar-refractivity contribution in [3.63, 3.8) is 0 Å². The Morgan fingerprint density at radius 1 is 1.13 bits per heavy atom. The first-order valence-corrected chi connectivity index (χ1v) is 10.7. The minimum absolute atomic E-state index is 0.0157. The van der Waals surface area contributed by atoms with Crippen LogP contribution in [0.3, 0.4) is 0 Å². The summed E-state index contributed by atoms with van der Waals surface area (Å²) in [5, 5.41) is 3.04. The average Bonchev–Trinajstić information content (AvgIpc) is 3.48. The van der Waals surface area contributed by atoms with Gasteiger partial charge in [-0.05, 0) is 55.2 Å². The number of fused-ring (bicyclic) bond motifs is 3. The predicted octanol–water partition coefficient (Wildman–Crippen LogP) is 4.23. The molecular formula is C23H20FN3O2S. The van der Waals surface area contributed by atoms with E-state index < -0.39 is 5.82 Å². The summed E-state index contributed by atoms with van der Waals surface area (Å²) in [6.45, 7) is 0.440. The van der Waals surface area contributed by atoms with E-state index in [1.54, 1.807) is 11.0 Å². The van der Waals surface area contributed by atoms with Crippen molar-refractivity contribution < 1.29 is 14.0 Å². The maximum Gasteiger partial charge on any atom is 0.261 e. The number of hydrogen-bond donors (Lipinski definition) is 2. The second-order valence-corrected chi connectivity index (χ2v) is 8.73. The van der Waals surface area contributed by atoms with Crippen LogP contribution in [-0.4, -0.2) is 24.4 Å². The number of nitrogens with one attached hydrogen (secondary N) is 1. The van der Waals surface area contributed by atoms with Crippen molar-refractivity contribution in [2.24, 2.45) is 0 Å². The van der Waals surface area contributed by atoms with Crippen LogP contribution in [0.15, 0.2) is 48.5 Å². The third-order valence-corrected chi connectivity index (χ3v) is 6.69. The molecule has 3 N–H and O–H groups in total. The lowest BCUT2D eigenvalue weighted by Crippen LogP contribution is -2.32. The second-order valence-electron chi connectivity index (χ2n) is 7.67. The van der Waals surface area contributed by atoms with Crippen molar-refractivity contribution in [1.82, 2.24) is 5.32 Å². The maximum absolute atomic E-state index is 13.9. The summed E-state index contributed by atoms with van der Waals surface area (Å²) in [6.07, 6.45) is 2.70. The number of hydrogen-bond acceptors (Lipinski definition) is 4. The van der Waals surface area contributed by atoms with Crippen LogP contribution < -0.4 is 16.0 Å². The van der Waals surface area contributed by atoms with Gasteiger partial charge in [0.1, 0.15) is 5.82 Å². The number of rotatable bonds is 3. The fraction of sp³-hybridized carbons (Fsp3) is 0.217. The zero-order valence-corrected chi connectivity index (χ0v) is 17.0. The quantitative estimate of drug-likeness (QED) is 0.622. The van der Waals surface area contributed by atoms with E-state index >= 15 is 0 Å². The normalized spacial score (nSPS) is 15.2. The number of nitrogen functional groups attached to an aromatic ring is 1. The molecule has 0 bridgehead atoms. The van der Waals surface area contributed by atoms with Gasteiger partial charge in [-0.25, -0.2) is 4.39 Å². The Kier molecular flexibility index (Phi) is 4.55. The third-order valence-electron chi connectivity index (χ3n) is 5.48. The van der Waals surface area contributed by atoms with Crippen molar-refractivity contribution in [2.75, 3.05) is 17.2 Å². The highest BCUT2D eigenvalue weighted by atomic mass is 32.1. The molecule has 2 aliphatic rings. The predicted molar refractivity (Wildman–Crippen MR) is 116 cm³/mol. The molecule has 5 nitrogen and oxygen atoms in total. The Bertz CT molecular complexity index is 1170. The number of halogens is 1. The molecule has 5 rings (SSSR count). The lowest BCUT2D eigenvalue weighted by atomic mass is 10.1. The molecule has 0 atom stereocenters. The van der Waals surface area contributed by atoms with Gasteiger partial charge in [0.05, 0.1) is 16.3 Å². The molecule has 0 unspecified atom stereocenters. The highest BCUT2D eigenvalue weighted by Gasteiger charge is 2.29. The van der Waals surface area contributed by atoms with E-state index in [9.17, 15) is 14.0 Å². The van der Waals surface area contributed by atoms with E-state index in [1.165, 1.54) is 23.5 Å². The van der Waals surface area contributed by atoms with E-state index in [4.69, 9.17) is 5.73 Å². The van der Waals surface area contributed by atoms with Gasteiger partial charge >= 0.3 is 0 Å². The molecular weight excluding hydrogens is 401 g/mol. The summed E-state index contributed by atoms with van der Waals surface area (Å²) < 4.78 is 13.9. The highest BCUT2D eigenvalue weighted by molar-refractivity contribution is 7.17. The van der Waals surface area contributed by atoms with E-state index in [0.717, 1.165) is 34.5 Å². The summed E-state index contributed by atoms with van der Waals surface area (Å²) >= 11 is 1.46. The van der Waals surface area contributed by atoms with Gasteiger partial charge in [0.2, 0.25) is 0 Å². The van der Waals surface area contributed by atoms with Gasteiger partial charge in [-0.15, -0.1) is 11.3 Å². The first-order valence-electron chi connectivity index (χ1n) is 9.91. The highest BCUT2D eigenvalue weighted by Crippen LogP contribution is 2.42. The Labute approximate surface area is 177 Å². The summed E-state index contributed by atoms with van der Waals surface area (Å²) in [5.74, 6) is -0.907. The molecule has 0 saturated heterocycles. The number of para-hydroxylation sites is 1. The number of carbonyl (C=O) groups is 2. The van der Waals surface area contributed by atoms with Gasteiger partial charge in [0, 0.05) is 28.6 Å². The summed E-state index contributed by atoms with van der Waals surface area (Å²) in [5.41, 5.74) is 8.54. The lowest BCUT2D eigenvalue weighted by molar-refractivity contribution is 0.0953. The third kappa shape index (κ3) is 3.35. The Hall–Kier alpha value is -3.19. The number of nitrogens with two attached hydrogens (primary N) is 1. The number of nitrogens with zero attached hydrogens (tertiary/aromatic N) is 1. The van der Waals surface area contributed by atoms with E-state index in [0.29, 0.717) is 23.9 Å². The van der Waals surface area contributed by atoms with Crippen molar-refractivity contribution in [2.45, 2.75) is 25.3 Å². The lowest BCUT2D eigenvalue weighted by Gasteiger charge is -2.23. The number of benzene rings is 2. The molecule has 0 radical (unpaired) electrons. The van der Waals surface area contributed by atoms with Gasteiger partial charge in [-0.3, -0.25) is 9.59 Å². The van der Waals surface area contributed by atoms with Crippen LogP contribution >= 0.6 is 11.3 Å². The number of amides is 2. The summed E-state index contributed by atoms with van der Waals surface area (Å²) in [6, 6.07) is 14.0. The molecule has 7 heteroatoms. The molecule has 30 heavy (non-hydrogen) atoms. The SMILES string of the molecule is Nc1ccc(C(=O)N2CCc3cc(C(=O)NC4CC4)sc3-c3ccccc32)cc1F. The summed E-state index contributed by atoms with van der Waals surface area (Å²) in [7, 11) is 0. The largest absolute Gasteiger partial charge is 0.396 e. The van der Waals surface area contributed by atoms with E-state index in [-0.39, 0.29) is 23.1 Å². The van der Waals surface area contributed by atoms with Crippen LogP contribution in [-0.2, 0) is 6.42 Å². The molecule has 1 aromatic heterocycles. The smallest absolute Gasteiger partial charge is 0.261 e. The minimum atomic E-state index is -0.602. The zero-order chi connectivity index (χ0) is 20.8. The standard InChI is InChI=1S/C23H20FN3O2S/c24-17-11-14(5-8-18(17)25)23(29)27-10-9-13-12-20(22(28)26-15-6-7-15)30-21(13)16-3-1-2-4-19(16)27/h1-5,8,11-12,15H,6-7,9-10,25H2,(H,26,28). The second kappa shape index (κ2) is 7.25. The van der Waals surface area contributed by atoms with Gasteiger partial charge in [-0.2, -0.15) is 0 Å². The van der Waals surface area contributed by atoms with Crippen molar-refractivity contribution in [3.05, 3.63) is 70.4 Å². The van der Waals surface area contributed by atoms with Gasteiger partial charge in [-0.1, -0.05) is 18.2 Å². The van der Waals surface area contributed by atoms with E-state index in [1.807, 2.05) is 30.3 Å². The van der Waals surface area contributed by atoms with Crippen molar-refractivity contribution in [1.29, 1.82) is 0 Å². The van der Waals surface area contributed by atoms with Gasteiger partial charge < -0.3 is 16.0 Å². The molecule has 1 fully saturated rings. The minimum Gasteiger partial charge on any atom is -0.396 e. The van der Waals surface area contributed by atoms with Gasteiger partial charge in [0.25, 0.3) is 11.8 Å². The van der Waals surface area contributed by atoms with Crippen LogP contribution in [0.5, 0.6) is 0 Å². The summed E-state index contributed by atoms with van der Waals surface area (Å²) in [4.78, 5) is 29.1. The molecule has 2 amide bonds. The molecule has 2 heterocycles. The Balaban J connectivity index is 1.52. The molecule has 1 saturated carbocycles. The first kappa shape index (κ1) is 18.8. The number of carbonyl (C=O) groups excluding carboxylic acids is 2. The number of anilines is 2. The maximum atomic E-state index is 13.9. The van der Waals surface area contributed by atoms with Crippen LogP contribution in [0, 0.1) is 5.82 Å². The van der Waals surface area contributed by atoms with E-state index in [2.05, 4.69) is 5.32 Å². The van der Waals surface area contributed by atoms with Crippen molar-refractivity contribution >= 4 is 34.5 Å². The fourth-order valence-corrected chi connectivity index (χ4v) is 4.87. The molecule has 152 valence electrons. The van der Waals surface area contributed by atoms with Crippen LogP contribution in [0.1, 0.15) is 38.4 Å². The molecule has 2 aromatic carbocycles. The van der Waals surface area contributed by atoms with Crippen molar-refractivity contribution in [3.8, 4) is 10.4 Å². The topological polar surface area (TPSA) is 75.4 Å². The Morgan fingerprint density at radius 2 is 1.93 bits per heavy atom. The van der Waals surface area contributed by atoms with Crippen LogP contribution in [0.25, 0.3) is 10.4 Å². The zero-order valence-electron chi connectivity index (χ0n) is 16.2. The molecule has 1 aliphatic carbocycles. The molecule has 3 aromatic rings. The van der Waals surface area contributed by atoms with Crippen LogP contribution in [0.2, 0.25) is 0 Å². The monoisotopic (exact) mass is 421 g/mol. The average molecular weight is 421 g/mol. The Morgan fingerprint density at radius 3 is 2.70 bits per heavy atom. The van der Waals surface area contributed by atoms with Crippen LogP contribution in [0.4, 0.5) is 15.8 Å².